The Morgan fingerprint density at radius 3 is 2.25 bits per heavy atom. The van der Waals surface area contributed by atoms with E-state index in [2.05, 4.69) is 26.1 Å². The molecule has 0 amide bonds. The number of hydrogen-bond acceptors (Lipinski definition) is 4. The summed E-state index contributed by atoms with van der Waals surface area (Å²) in [7, 11) is -3.15. The molecular formula is C9H16BrN3O2S. The maximum atomic E-state index is 11.5. The van der Waals surface area contributed by atoms with Gasteiger partial charge in [0.1, 0.15) is 11.1 Å². The third-order valence-corrected chi connectivity index (χ3v) is 4.43. The highest BCUT2D eigenvalue weighted by Gasteiger charge is 2.25. The van der Waals surface area contributed by atoms with E-state index in [1.54, 1.807) is 6.92 Å². The molecule has 1 heterocycles. The van der Waals surface area contributed by atoms with Crippen LogP contribution in [0, 0.1) is 0 Å². The van der Waals surface area contributed by atoms with E-state index in [9.17, 15) is 8.42 Å². The smallest absolute Gasteiger partial charge is 0.157 e. The van der Waals surface area contributed by atoms with Gasteiger partial charge in [-0.15, -0.1) is 10.2 Å². The largest absolute Gasteiger partial charge is 0.311 e. The lowest BCUT2D eigenvalue weighted by Crippen LogP contribution is -2.16. The Hall–Kier alpha value is -0.430. The molecule has 0 aliphatic carbocycles. The van der Waals surface area contributed by atoms with Crippen LogP contribution in [0.5, 0.6) is 0 Å². The predicted molar refractivity (Wildman–Crippen MR) is 66.3 cm³/mol. The molecule has 0 N–H and O–H groups in total. The van der Waals surface area contributed by atoms with Crippen LogP contribution in [-0.4, -0.2) is 29.4 Å². The number of halogens is 1. The van der Waals surface area contributed by atoms with E-state index >= 15 is 0 Å². The normalized spacial score (nSPS) is 14.4. The summed E-state index contributed by atoms with van der Waals surface area (Å²) in [6.07, 6.45) is 1.21. The van der Waals surface area contributed by atoms with Crippen LogP contribution in [0.2, 0.25) is 0 Å². The lowest BCUT2D eigenvalue weighted by molar-refractivity contribution is 0.541. The van der Waals surface area contributed by atoms with Gasteiger partial charge in [-0.1, -0.05) is 15.9 Å². The van der Waals surface area contributed by atoms with Gasteiger partial charge in [0, 0.05) is 12.3 Å². The lowest BCUT2D eigenvalue weighted by Gasteiger charge is -2.16. The molecule has 1 unspecified atom stereocenters. The topological polar surface area (TPSA) is 64.8 Å². The molecule has 16 heavy (non-hydrogen) atoms. The Labute approximate surface area is 104 Å². The molecule has 5 nitrogen and oxygen atoms in total. The number of rotatable bonds is 4. The Morgan fingerprint density at radius 1 is 1.31 bits per heavy atom. The van der Waals surface area contributed by atoms with Gasteiger partial charge in [-0.2, -0.15) is 0 Å². The van der Waals surface area contributed by atoms with E-state index in [0.29, 0.717) is 11.2 Å². The van der Waals surface area contributed by atoms with Crippen LogP contribution in [0.15, 0.2) is 0 Å². The highest BCUT2D eigenvalue weighted by atomic mass is 79.9. The van der Waals surface area contributed by atoms with Gasteiger partial charge in [-0.3, -0.25) is 0 Å². The summed E-state index contributed by atoms with van der Waals surface area (Å²) < 4.78 is 24.9. The molecule has 0 aliphatic rings. The van der Waals surface area contributed by atoms with Crippen molar-refractivity contribution < 1.29 is 8.42 Å². The summed E-state index contributed by atoms with van der Waals surface area (Å²) in [6.45, 7) is 5.60. The molecule has 0 saturated heterocycles. The van der Waals surface area contributed by atoms with Crippen LogP contribution >= 0.6 is 15.9 Å². The zero-order chi connectivity index (χ0) is 12.5. The summed E-state index contributed by atoms with van der Waals surface area (Å²) >= 11 is 3.32. The number of nitrogens with zero attached hydrogens (tertiary/aromatic N) is 3. The highest BCUT2D eigenvalue weighted by Crippen LogP contribution is 2.23. The van der Waals surface area contributed by atoms with E-state index < -0.39 is 15.1 Å². The Bertz CT molecular complexity index is 467. The van der Waals surface area contributed by atoms with Crippen molar-refractivity contribution in [3.8, 4) is 0 Å². The molecule has 1 aromatic rings. The lowest BCUT2D eigenvalue weighted by atomic mass is 10.3. The van der Waals surface area contributed by atoms with Crippen LogP contribution in [-0.2, 0) is 15.2 Å². The van der Waals surface area contributed by atoms with Gasteiger partial charge in [0.25, 0.3) is 0 Å². The van der Waals surface area contributed by atoms with E-state index in [4.69, 9.17) is 0 Å². The van der Waals surface area contributed by atoms with Gasteiger partial charge in [0.2, 0.25) is 0 Å². The van der Waals surface area contributed by atoms with Crippen molar-refractivity contribution in [3.05, 3.63) is 11.6 Å². The second-order valence-corrected chi connectivity index (χ2v) is 6.97. The fourth-order valence-electron chi connectivity index (χ4n) is 1.46. The minimum atomic E-state index is -3.15. The molecule has 0 radical (unpaired) electrons. The standard InChI is InChI=1S/C9H16BrN3O2S/c1-6(2)13-8(5-10)11-12-9(13)7(3)16(4,14)15/h6-7H,5H2,1-4H3. The summed E-state index contributed by atoms with van der Waals surface area (Å²) in [5.41, 5.74) is 0. The second-order valence-electron chi connectivity index (χ2n) is 4.04. The molecule has 1 atom stereocenters. The van der Waals surface area contributed by atoms with Gasteiger partial charge in [-0.25, -0.2) is 8.42 Å². The molecule has 0 aliphatic heterocycles. The monoisotopic (exact) mass is 309 g/mol. The highest BCUT2D eigenvalue weighted by molar-refractivity contribution is 9.08. The summed E-state index contributed by atoms with van der Waals surface area (Å²) in [6, 6.07) is 0.141. The van der Waals surface area contributed by atoms with Gasteiger partial charge in [0.05, 0.1) is 5.33 Å². The maximum Gasteiger partial charge on any atom is 0.157 e. The van der Waals surface area contributed by atoms with Crippen LogP contribution in [0.3, 0.4) is 0 Å². The molecule has 0 fully saturated rings. The minimum absolute atomic E-state index is 0.141. The Balaban J connectivity index is 3.30. The maximum absolute atomic E-state index is 11.5. The molecular weight excluding hydrogens is 294 g/mol. The van der Waals surface area contributed by atoms with Crippen molar-refractivity contribution in [1.29, 1.82) is 0 Å². The van der Waals surface area contributed by atoms with Crippen molar-refractivity contribution in [3.63, 3.8) is 0 Å². The first kappa shape index (κ1) is 13.6. The molecule has 7 heteroatoms. The first-order chi connectivity index (χ1) is 7.29. The molecule has 92 valence electrons. The van der Waals surface area contributed by atoms with Crippen molar-refractivity contribution in [2.75, 3.05) is 6.26 Å². The number of hydrogen-bond donors (Lipinski definition) is 0. The molecule has 1 rings (SSSR count). The summed E-state index contributed by atoms with van der Waals surface area (Å²) in [5.74, 6) is 1.26. The third-order valence-electron chi connectivity index (χ3n) is 2.43. The van der Waals surface area contributed by atoms with Gasteiger partial charge in [0.15, 0.2) is 15.7 Å². The Morgan fingerprint density at radius 2 is 1.88 bits per heavy atom. The first-order valence-corrected chi connectivity index (χ1v) is 8.05. The van der Waals surface area contributed by atoms with Gasteiger partial charge >= 0.3 is 0 Å². The quantitative estimate of drug-likeness (QED) is 0.796. The van der Waals surface area contributed by atoms with Crippen molar-refractivity contribution in [2.24, 2.45) is 0 Å². The van der Waals surface area contributed by atoms with Gasteiger partial charge in [-0.05, 0) is 20.8 Å². The Kier molecular flexibility index (Phi) is 4.12. The SMILES string of the molecule is CC(C)n1c(CBr)nnc1C(C)S(C)(=O)=O. The second kappa shape index (κ2) is 4.83. The average molecular weight is 310 g/mol. The minimum Gasteiger partial charge on any atom is -0.311 e. The van der Waals surface area contributed by atoms with Crippen LogP contribution in [0.4, 0.5) is 0 Å². The van der Waals surface area contributed by atoms with Crippen LogP contribution in [0.25, 0.3) is 0 Å². The van der Waals surface area contributed by atoms with Crippen molar-refractivity contribution >= 4 is 25.8 Å². The predicted octanol–water partition coefficient (Wildman–Crippen LogP) is 1.86. The van der Waals surface area contributed by atoms with E-state index in [-0.39, 0.29) is 6.04 Å². The van der Waals surface area contributed by atoms with Crippen molar-refractivity contribution in [2.45, 2.75) is 37.4 Å². The molecule has 0 saturated carbocycles. The molecule has 0 aromatic carbocycles. The number of alkyl halides is 1. The van der Waals surface area contributed by atoms with Crippen molar-refractivity contribution in [1.82, 2.24) is 14.8 Å². The zero-order valence-electron chi connectivity index (χ0n) is 9.81. The van der Waals surface area contributed by atoms with E-state index in [0.717, 1.165) is 5.82 Å². The fourth-order valence-corrected chi connectivity index (χ4v) is 2.39. The van der Waals surface area contributed by atoms with Gasteiger partial charge < -0.3 is 4.57 Å². The average Bonchev–Trinajstić information content (AvgIpc) is 2.57. The fraction of sp³-hybridized carbons (Fsp3) is 0.778. The first-order valence-electron chi connectivity index (χ1n) is 4.97. The van der Waals surface area contributed by atoms with E-state index in [1.165, 1.54) is 6.26 Å². The number of aromatic nitrogens is 3. The molecule has 0 bridgehead atoms. The summed E-state index contributed by atoms with van der Waals surface area (Å²) in [5, 5.41) is 7.91. The zero-order valence-corrected chi connectivity index (χ0v) is 12.2. The van der Waals surface area contributed by atoms with Crippen LogP contribution < -0.4 is 0 Å². The number of sulfone groups is 1. The molecule has 1 aromatic heterocycles. The molecule has 0 spiro atoms. The van der Waals surface area contributed by atoms with Crippen LogP contribution in [0.1, 0.15) is 43.7 Å². The third kappa shape index (κ3) is 2.63. The van der Waals surface area contributed by atoms with E-state index in [1.807, 2.05) is 18.4 Å². The summed E-state index contributed by atoms with van der Waals surface area (Å²) in [4.78, 5) is 0.